The average Bonchev–Trinajstić information content (AvgIpc) is 1.35. The fraction of sp³-hybridized carbons (Fsp3) is 0.500. The van der Waals surface area contributed by atoms with Gasteiger partial charge >= 0.3 is 5.97 Å². The van der Waals surface area contributed by atoms with Gasteiger partial charge in [-0.1, -0.05) is 11.8 Å². The van der Waals surface area contributed by atoms with Crippen molar-refractivity contribution in [3.63, 3.8) is 0 Å². The molecule has 0 spiro atoms. The summed E-state index contributed by atoms with van der Waals surface area (Å²) in [7, 11) is 0.508. The monoisotopic (exact) mass is 122 g/mol. The molecule has 0 aromatic heterocycles. The van der Waals surface area contributed by atoms with Crippen LogP contribution in [0.5, 0.6) is 0 Å². The number of aliphatic carboxylic acids is 1. The Bertz CT molecular complexity index is 71.9. The van der Waals surface area contributed by atoms with Crippen LogP contribution in [0.1, 0.15) is 0 Å². The second kappa shape index (κ2) is 3.19. The van der Waals surface area contributed by atoms with E-state index in [0.717, 1.165) is 0 Å². The normalized spacial score (nSPS) is 8.67. The molecule has 1 N–H and O–H groups in total. The minimum Gasteiger partial charge on any atom is -0.481 e. The lowest BCUT2D eigenvalue weighted by atomic mass is 10.8. The number of rotatable bonds is 2. The van der Waals surface area contributed by atoms with Crippen molar-refractivity contribution >= 4 is 25.1 Å². The molecule has 0 aromatic carbocycles. The van der Waals surface area contributed by atoms with Gasteiger partial charge in [0.1, 0.15) is 0 Å². The molecule has 0 aliphatic rings. The maximum Gasteiger partial charge on any atom is 0.312 e. The molecule has 0 unspecified atom stereocenters. The van der Waals surface area contributed by atoms with E-state index in [-0.39, 0.29) is 6.16 Å². The van der Waals surface area contributed by atoms with E-state index in [1.807, 2.05) is 0 Å². The maximum absolute atomic E-state index is 9.53. The molecule has 0 saturated carbocycles. The highest BCUT2D eigenvalue weighted by atomic mass is 32.4. The number of hydrogen-bond donors (Lipinski definition) is 1. The van der Waals surface area contributed by atoms with E-state index in [1.54, 1.807) is 0 Å². The zero-order chi connectivity index (χ0) is 4.99. The summed E-state index contributed by atoms with van der Waals surface area (Å²) >= 11 is 4.32. The summed E-state index contributed by atoms with van der Waals surface area (Å²) in [4.78, 5) is 9.53. The Morgan fingerprint density at radius 2 is 2.50 bits per heavy atom. The van der Waals surface area contributed by atoms with Crippen molar-refractivity contribution in [3.05, 3.63) is 0 Å². The zero-order valence-electron chi connectivity index (χ0n) is 2.92. The van der Waals surface area contributed by atoms with Crippen LogP contribution in [0, 0.1) is 0 Å². The van der Waals surface area contributed by atoms with Gasteiger partial charge in [0.25, 0.3) is 0 Å². The van der Waals surface area contributed by atoms with Crippen LogP contribution in [0.3, 0.4) is 0 Å². The molecule has 0 aliphatic heterocycles. The smallest absolute Gasteiger partial charge is 0.312 e. The Morgan fingerprint density at radius 3 is 2.50 bits per heavy atom. The molecule has 4 heteroatoms. The summed E-state index contributed by atoms with van der Waals surface area (Å²) in [5.41, 5.74) is 0. The molecule has 0 saturated heterocycles. The molecule has 6 heavy (non-hydrogen) atoms. The third-order valence-corrected chi connectivity index (χ3v) is 0.987. The second-order valence-electron chi connectivity index (χ2n) is 0.681. The lowest BCUT2D eigenvalue weighted by molar-refractivity contribution is -0.133. The molecule has 0 rings (SSSR count). The Hall–Kier alpha value is -0.0100. The van der Waals surface area contributed by atoms with Crippen LogP contribution in [-0.4, -0.2) is 17.2 Å². The molecule has 0 amide bonds. The summed E-state index contributed by atoms with van der Waals surface area (Å²) in [6.45, 7) is 0. The summed E-state index contributed by atoms with van der Waals surface area (Å²) in [6, 6.07) is 0. The van der Waals surface area contributed by atoms with Crippen molar-refractivity contribution in [3.8, 4) is 0 Å². The van der Waals surface area contributed by atoms with Crippen LogP contribution in [0.2, 0.25) is 0 Å². The lowest BCUT2D eigenvalue weighted by Crippen LogP contribution is -1.92. The van der Waals surface area contributed by atoms with Crippen molar-refractivity contribution in [1.82, 2.24) is 0 Å². The molecule has 34 valence electrons. The predicted molar refractivity (Wildman–Crippen MR) is 26.8 cm³/mol. The number of carbonyl (C=O) groups is 1. The van der Waals surface area contributed by atoms with Gasteiger partial charge in [-0.15, -0.1) is 0 Å². The zero-order valence-corrected chi connectivity index (χ0v) is 4.63. The molecular weight excluding hydrogens is 119 g/mol. The van der Waals surface area contributed by atoms with Gasteiger partial charge < -0.3 is 5.11 Å². The first-order valence-corrected chi connectivity index (χ1v) is 3.37. The molecule has 0 radical (unpaired) electrons. The SMILES string of the molecule is O=C(O)CP=S. The van der Waals surface area contributed by atoms with Crippen molar-refractivity contribution < 1.29 is 9.90 Å². The van der Waals surface area contributed by atoms with Gasteiger partial charge in [-0.25, -0.2) is 0 Å². The summed E-state index contributed by atoms with van der Waals surface area (Å²) < 4.78 is 0. The third-order valence-electron chi connectivity index (χ3n) is 0.200. The fourth-order valence-electron chi connectivity index (χ4n) is 0.0552. The Kier molecular flexibility index (Phi) is 3.19. The first kappa shape index (κ1) is 5.99. The van der Waals surface area contributed by atoms with Crippen molar-refractivity contribution in [1.29, 1.82) is 0 Å². The largest absolute Gasteiger partial charge is 0.481 e. The Morgan fingerprint density at radius 1 is 2.00 bits per heavy atom. The van der Waals surface area contributed by atoms with Crippen molar-refractivity contribution in [2.75, 3.05) is 6.16 Å². The molecule has 0 aromatic rings. The van der Waals surface area contributed by atoms with Gasteiger partial charge in [-0.05, 0) is 7.36 Å². The first-order chi connectivity index (χ1) is 2.77. The van der Waals surface area contributed by atoms with Gasteiger partial charge in [-0.3, -0.25) is 4.79 Å². The van der Waals surface area contributed by atoms with E-state index in [1.165, 1.54) is 0 Å². The van der Waals surface area contributed by atoms with E-state index in [2.05, 4.69) is 11.8 Å². The summed E-state index contributed by atoms with van der Waals surface area (Å²) in [5, 5.41) is 7.84. The molecule has 2 nitrogen and oxygen atoms in total. The van der Waals surface area contributed by atoms with E-state index in [9.17, 15) is 4.79 Å². The topological polar surface area (TPSA) is 37.3 Å². The van der Waals surface area contributed by atoms with Crippen LogP contribution >= 0.6 is 7.36 Å². The first-order valence-electron chi connectivity index (χ1n) is 1.28. The van der Waals surface area contributed by atoms with E-state index in [0.29, 0.717) is 7.36 Å². The van der Waals surface area contributed by atoms with Crippen LogP contribution in [-0.2, 0) is 16.6 Å². The fourth-order valence-corrected chi connectivity index (χ4v) is 0.497. The van der Waals surface area contributed by atoms with Crippen LogP contribution in [0.15, 0.2) is 0 Å². The quantitative estimate of drug-likeness (QED) is 0.541. The van der Waals surface area contributed by atoms with Gasteiger partial charge in [-0.2, -0.15) is 0 Å². The van der Waals surface area contributed by atoms with Crippen LogP contribution in [0.4, 0.5) is 0 Å². The van der Waals surface area contributed by atoms with Crippen molar-refractivity contribution in [2.45, 2.75) is 0 Å². The highest BCUT2D eigenvalue weighted by Gasteiger charge is 1.86. The Labute approximate surface area is 42.0 Å². The van der Waals surface area contributed by atoms with Crippen LogP contribution in [0.25, 0.3) is 0 Å². The standard InChI is InChI=1S/C2H3O2PS/c3-2(4)1-5-6/h1H2,(H,3,4). The third kappa shape index (κ3) is 3.99. The molecule has 0 bridgehead atoms. The average molecular weight is 122 g/mol. The second-order valence-corrected chi connectivity index (χ2v) is 2.03. The summed E-state index contributed by atoms with van der Waals surface area (Å²) in [5.74, 6) is -0.827. The highest BCUT2D eigenvalue weighted by Crippen LogP contribution is 1.86. The van der Waals surface area contributed by atoms with Crippen molar-refractivity contribution in [2.24, 2.45) is 0 Å². The van der Waals surface area contributed by atoms with E-state index < -0.39 is 5.97 Å². The Balaban J connectivity index is 3.05. The molecule has 0 heterocycles. The molecule has 0 atom stereocenters. The van der Waals surface area contributed by atoms with Gasteiger partial charge in [0.05, 0.1) is 6.16 Å². The minimum atomic E-state index is -0.827. The molecular formula is C2H3O2PS. The molecule has 0 aliphatic carbocycles. The minimum absolute atomic E-state index is 0.0787. The molecule has 0 fully saturated rings. The number of hydrogen-bond acceptors (Lipinski definition) is 2. The summed E-state index contributed by atoms with van der Waals surface area (Å²) in [6.07, 6.45) is 0.0787. The predicted octanol–water partition coefficient (Wildman–Crippen LogP) is 0.479. The highest BCUT2D eigenvalue weighted by molar-refractivity contribution is 7.96. The van der Waals surface area contributed by atoms with Gasteiger partial charge in [0.15, 0.2) is 0 Å². The lowest BCUT2D eigenvalue weighted by Gasteiger charge is -1.73. The maximum atomic E-state index is 9.53. The van der Waals surface area contributed by atoms with E-state index >= 15 is 0 Å². The van der Waals surface area contributed by atoms with Gasteiger partial charge in [0.2, 0.25) is 0 Å². The van der Waals surface area contributed by atoms with E-state index in [4.69, 9.17) is 5.11 Å². The number of carboxylic acid groups (broad SMARTS) is 1. The van der Waals surface area contributed by atoms with Crippen LogP contribution < -0.4 is 0 Å². The number of carboxylic acids is 1. The van der Waals surface area contributed by atoms with Gasteiger partial charge in [0, 0.05) is 0 Å².